The normalized spacial score (nSPS) is 23.1. The number of ether oxygens (including phenoxy) is 3. The average Bonchev–Trinajstić information content (AvgIpc) is 2.87. The fourth-order valence-corrected chi connectivity index (χ4v) is 2.29. The smallest absolute Gasteiger partial charge is 0.310 e. The van der Waals surface area contributed by atoms with Crippen molar-refractivity contribution in [2.24, 2.45) is 5.92 Å². The highest BCUT2D eigenvalue weighted by Gasteiger charge is 2.37. The van der Waals surface area contributed by atoms with Crippen LogP contribution in [-0.2, 0) is 19.0 Å². The molecule has 0 spiro atoms. The highest BCUT2D eigenvalue weighted by molar-refractivity contribution is 5.71. The van der Waals surface area contributed by atoms with Crippen LogP contribution in [0.1, 0.15) is 13.3 Å². The number of rotatable bonds is 10. The Morgan fingerprint density at radius 1 is 1.37 bits per heavy atom. The summed E-state index contributed by atoms with van der Waals surface area (Å²) in [6.07, 6.45) is 0.882. The highest BCUT2D eigenvalue weighted by Crippen LogP contribution is 2.19. The zero-order chi connectivity index (χ0) is 14.1. The molecule has 2 atom stereocenters. The molecule has 0 aromatic heterocycles. The number of nitrogens with zero attached hydrogens (tertiary/aromatic N) is 1. The molecule has 6 nitrogen and oxygen atoms in total. The van der Waals surface area contributed by atoms with Crippen molar-refractivity contribution in [1.82, 2.24) is 4.90 Å². The van der Waals surface area contributed by atoms with Gasteiger partial charge in [0.25, 0.3) is 0 Å². The number of aliphatic carboxylic acids is 1. The van der Waals surface area contributed by atoms with Crippen LogP contribution in [0.5, 0.6) is 0 Å². The lowest BCUT2D eigenvalue weighted by Crippen LogP contribution is -2.44. The van der Waals surface area contributed by atoms with E-state index in [1.54, 1.807) is 7.11 Å². The SMILES string of the molecule is CCN(CCOCCCOC)C1COCC1C(=O)O. The van der Waals surface area contributed by atoms with Gasteiger partial charge in [0.2, 0.25) is 0 Å². The summed E-state index contributed by atoms with van der Waals surface area (Å²) in [5, 5.41) is 9.14. The van der Waals surface area contributed by atoms with Gasteiger partial charge < -0.3 is 19.3 Å². The first-order valence-electron chi connectivity index (χ1n) is 6.82. The minimum absolute atomic E-state index is 0.0370. The minimum atomic E-state index is -0.776. The Balaban J connectivity index is 2.26. The van der Waals surface area contributed by atoms with Crippen molar-refractivity contribution in [1.29, 1.82) is 0 Å². The third-order valence-electron chi connectivity index (χ3n) is 3.40. The largest absolute Gasteiger partial charge is 0.481 e. The van der Waals surface area contributed by atoms with Crippen LogP contribution in [0.4, 0.5) is 0 Å². The van der Waals surface area contributed by atoms with Gasteiger partial charge in [-0.1, -0.05) is 6.92 Å². The molecule has 2 unspecified atom stereocenters. The van der Waals surface area contributed by atoms with E-state index in [9.17, 15) is 4.79 Å². The van der Waals surface area contributed by atoms with Crippen molar-refractivity contribution in [3.05, 3.63) is 0 Å². The molecule has 0 amide bonds. The molecule has 0 bridgehead atoms. The Kier molecular flexibility index (Phi) is 7.97. The molecule has 1 fully saturated rings. The van der Waals surface area contributed by atoms with E-state index in [0.717, 1.165) is 19.5 Å². The van der Waals surface area contributed by atoms with E-state index in [2.05, 4.69) is 4.90 Å². The number of hydrogen-bond acceptors (Lipinski definition) is 5. The number of carboxylic acid groups (broad SMARTS) is 1. The van der Waals surface area contributed by atoms with Gasteiger partial charge in [-0.3, -0.25) is 9.69 Å². The van der Waals surface area contributed by atoms with Gasteiger partial charge in [-0.2, -0.15) is 0 Å². The monoisotopic (exact) mass is 275 g/mol. The lowest BCUT2D eigenvalue weighted by Gasteiger charge is -2.28. The molecule has 1 aliphatic rings. The molecule has 1 heterocycles. The van der Waals surface area contributed by atoms with Gasteiger partial charge in [0.15, 0.2) is 0 Å². The summed E-state index contributed by atoms with van der Waals surface area (Å²) in [4.78, 5) is 13.3. The van der Waals surface area contributed by atoms with Crippen LogP contribution in [0.25, 0.3) is 0 Å². The van der Waals surface area contributed by atoms with Gasteiger partial charge in [0.05, 0.1) is 25.7 Å². The van der Waals surface area contributed by atoms with Gasteiger partial charge >= 0.3 is 5.97 Å². The molecule has 6 heteroatoms. The first-order valence-corrected chi connectivity index (χ1v) is 6.82. The van der Waals surface area contributed by atoms with Crippen molar-refractivity contribution in [3.8, 4) is 0 Å². The maximum absolute atomic E-state index is 11.1. The van der Waals surface area contributed by atoms with Crippen molar-refractivity contribution in [2.75, 3.05) is 53.2 Å². The Labute approximate surface area is 114 Å². The van der Waals surface area contributed by atoms with Crippen LogP contribution in [-0.4, -0.2) is 75.3 Å². The Morgan fingerprint density at radius 3 is 2.79 bits per heavy atom. The molecule has 0 aromatic carbocycles. The summed E-state index contributed by atoms with van der Waals surface area (Å²) in [5.41, 5.74) is 0. The Hall–Kier alpha value is -0.690. The van der Waals surface area contributed by atoms with Crippen molar-refractivity contribution >= 4 is 5.97 Å². The lowest BCUT2D eigenvalue weighted by molar-refractivity contribution is -0.143. The van der Waals surface area contributed by atoms with Crippen LogP contribution in [0.15, 0.2) is 0 Å². The molecule has 1 saturated heterocycles. The lowest BCUT2D eigenvalue weighted by atomic mass is 10.0. The molecule has 1 rings (SSSR count). The maximum Gasteiger partial charge on any atom is 0.310 e. The molecule has 19 heavy (non-hydrogen) atoms. The molecule has 1 N–H and O–H groups in total. The number of methoxy groups -OCH3 is 1. The maximum atomic E-state index is 11.1. The molecule has 112 valence electrons. The van der Waals surface area contributed by atoms with Gasteiger partial charge in [-0.05, 0) is 13.0 Å². The van der Waals surface area contributed by atoms with Crippen molar-refractivity contribution in [3.63, 3.8) is 0 Å². The molecular weight excluding hydrogens is 250 g/mol. The number of carboxylic acids is 1. The second-order valence-electron chi connectivity index (χ2n) is 4.64. The van der Waals surface area contributed by atoms with E-state index < -0.39 is 11.9 Å². The standard InChI is InChI=1S/C13H25NO5/c1-3-14(5-8-18-7-4-6-17-2)12-10-19-9-11(12)13(15)16/h11-12H,3-10H2,1-2H3,(H,15,16). The second kappa shape index (κ2) is 9.25. The molecule has 1 aliphatic heterocycles. The van der Waals surface area contributed by atoms with E-state index in [4.69, 9.17) is 19.3 Å². The fraction of sp³-hybridized carbons (Fsp3) is 0.923. The quantitative estimate of drug-likeness (QED) is 0.584. The average molecular weight is 275 g/mol. The highest BCUT2D eigenvalue weighted by atomic mass is 16.5. The Bertz CT molecular complexity index is 261. The Morgan fingerprint density at radius 2 is 2.16 bits per heavy atom. The van der Waals surface area contributed by atoms with E-state index in [0.29, 0.717) is 33.0 Å². The summed E-state index contributed by atoms with van der Waals surface area (Å²) in [6, 6.07) is -0.0370. The van der Waals surface area contributed by atoms with Crippen LogP contribution in [0.2, 0.25) is 0 Å². The zero-order valence-electron chi connectivity index (χ0n) is 11.8. The van der Waals surface area contributed by atoms with Crippen LogP contribution < -0.4 is 0 Å². The fourth-order valence-electron chi connectivity index (χ4n) is 2.29. The molecule has 0 radical (unpaired) electrons. The summed E-state index contributed by atoms with van der Waals surface area (Å²) >= 11 is 0. The van der Waals surface area contributed by atoms with E-state index in [-0.39, 0.29) is 6.04 Å². The van der Waals surface area contributed by atoms with Crippen molar-refractivity contribution < 1.29 is 24.1 Å². The molecule has 0 aliphatic carbocycles. The number of likely N-dealkylation sites (N-methyl/N-ethyl adjacent to an activating group) is 1. The van der Waals surface area contributed by atoms with Crippen LogP contribution in [0.3, 0.4) is 0 Å². The molecule has 0 aromatic rings. The third-order valence-corrected chi connectivity index (χ3v) is 3.40. The van der Waals surface area contributed by atoms with Crippen LogP contribution >= 0.6 is 0 Å². The first-order chi connectivity index (χ1) is 9.20. The predicted octanol–water partition coefficient (Wildman–Crippen LogP) is 0.461. The molecular formula is C13H25NO5. The van der Waals surface area contributed by atoms with E-state index >= 15 is 0 Å². The summed E-state index contributed by atoms with van der Waals surface area (Å²) in [7, 11) is 1.67. The molecule has 0 saturated carbocycles. The number of hydrogen-bond donors (Lipinski definition) is 1. The zero-order valence-corrected chi connectivity index (χ0v) is 11.8. The van der Waals surface area contributed by atoms with E-state index in [1.165, 1.54) is 0 Å². The topological polar surface area (TPSA) is 68.2 Å². The van der Waals surface area contributed by atoms with Gasteiger partial charge in [-0.15, -0.1) is 0 Å². The van der Waals surface area contributed by atoms with Crippen molar-refractivity contribution in [2.45, 2.75) is 19.4 Å². The first kappa shape index (κ1) is 16.4. The minimum Gasteiger partial charge on any atom is -0.481 e. The number of carbonyl (C=O) groups is 1. The summed E-state index contributed by atoms with van der Waals surface area (Å²) in [5.74, 6) is -1.20. The van der Waals surface area contributed by atoms with E-state index in [1.807, 2.05) is 6.92 Å². The third kappa shape index (κ3) is 5.44. The van der Waals surface area contributed by atoms with Crippen LogP contribution in [0, 0.1) is 5.92 Å². The van der Waals surface area contributed by atoms with Gasteiger partial charge in [0, 0.05) is 32.9 Å². The summed E-state index contributed by atoms with van der Waals surface area (Å²) in [6.45, 7) is 6.37. The van der Waals surface area contributed by atoms with Gasteiger partial charge in [-0.25, -0.2) is 0 Å². The summed E-state index contributed by atoms with van der Waals surface area (Å²) < 4.78 is 15.7. The predicted molar refractivity (Wildman–Crippen MR) is 70.3 cm³/mol. The van der Waals surface area contributed by atoms with Gasteiger partial charge in [0.1, 0.15) is 0 Å². The second-order valence-corrected chi connectivity index (χ2v) is 4.64.